The molecule has 0 aromatic heterocycles. The highest BCUT2D eigenvalue weighted by Crippen LogP contribution is 2.13. The summed E-state index contributed by atoms with van der Waals surface area (Å²) in [4.78, 5) is 13.4. The molecule has 0 spiro atoms. The van der Waals surface area contributed by atoms with E-state index in [1.165, 1.54) is 6.08 Å². The van der Waals surface area contributed by atoms with Crippen LogP contribution in [0.15, 0.2) is 30.3 Å². The van der Waals surface area contributed by atoms with Gasteiger partial charge >= 0.3 is 5.97 Å². The normalized spacial score (nSPS) is 10.9. The second kappa shape index (κ2) is 6.84. The molecule has 0 heterocycles. The molecule has 0 radical (unpaired) electrons. The van der Waals surface area contributed by atoms with Crippen molar-refractivity contribution in [1.29, 1.82) is 0 Å². The summed E-state index contributed by atoms with van der Waals surface area (Å²) in [5.41, 5.74) is 2.12. The standard InChI is InChI=1S/C15H21NO2/c1-12(2)11-18-15(17)10-7-13-5-8-14(9-6-13)16(3)4/h5-10,12H,11H2,1-4H3/b10-7+. The van der Waals surface area contributed by atoms with Gasteiger partial charge in [-0.3, -0.25) is 0 Å². The predicted octanol–water partition coefficient (Wildman–Crippen LogP) is 2.97. The van der Waals surface area contributed by atoms with Crippen molar-refractivity contribution in [1.82, 2.24) is 0 Å². The van der Waals surface area contributed by atoms with Crippen molar-refractivity contribution < 1.29 is 9.53 Å². The number of carbonyl (C=O) groups excluding carboxylic acids is 1. The van der Waals surface area contributed by atoms with Crippen LogP contribution in [0.25, 0.3) is 6.08 Å². The lowest BCUT2D eigenvalue weighted by Gasteiger charge is -2.11. The molecule has 98 valence electrons. The number of nitrogens with zero attached hydrogens (tertiary/aromatic N) is 1. The third kappa shape index (κ3) is 5.04. The minimum Gasteiger partial charge on any atom is -0.462 e. The van der Waals surface area contributed by atoms with Crippen molar-refractivity contribution >= 4 is 17.7 Å². The Morgan fingerprint density at radius 2 is 1.89 bits per heavy atom. The number of benzene rings is 1. The van der Waals surface area contributed by atoms with Crippen molar-refractivity contribution in [3.05, 3.63) is 35.9 Å². The number of hydrogen-bond donors (Lipinski definition) is 0. The third-order valence-electron chi connectivity index (χ3n) is 2.38. The van der Waals surface area contributed by atoms with Gasteiger partial charge in [-0.25, -0.2) is 4.79 Å². The number of rotatable bonds is 5. The minimum absolute atomic E-state index is 0.291. The second-order valence-electron chi connectivity index (χ2n) is 4.84. The molecule has 0 fully saturated rings. The van der Waals surface area contributed by atoms with Crippen molar-refractivity contribution in [3.63, 3.8) is 0 Å². The molecule has 0 bridgehead atoms. The summed E-state index contributed by atoms with van der Waals surface area (Å²) < 4.78 is 5.05. The first-order valence-corrected chi connectivity index (χ1v) is 6.11. The Morgan fingerprint density at radius 1 is 1.28 bits per heavy atom. The van der Waals surface area contributed by atoms with Gasteiger partial charge in [0.2, 0.25) is 0 Å². The van der Waals surface area contributed by atoms with Crippen LogP contribution >= 0.6 is 0 Å². The highest BCUT2D eigenvalue weighted by atomic mass is 16.5. The van der Waals surface area contributed by atoms with Gasteiger partial charge in [-0.1, -0.05) is 26.0 Å². The summed E-state index contributed by atoms with van der Waals surface area (Å²) in [7, 11) is 3.99. The van der Waals surface area contributed by atoms with E-state index in [0.29, 0.717) is 12.5 Å². The van der Waals surface area contributed by atoms with Gasteiger partial charge in [0.15, 0.2) is 0 Å². The van der Waals surface area contributed by atoms with Crippen LogP contribution in [0.1, 0.15) is 19.4 Å². The molecule has 0 N–H and O–H groups in total. The minimum atomic E-state index is -0.291. The molecule has 0 saturated heterocycles. The van der Waals surface area contributed by atoms with Crippen molar-refractivity contribution in [2.24, 2.45) is 5.92 Å². The molecule has 3 heteroatoms. The zero-order valence-electron chi connectivity index (χ0n) is 11.5. The van der Waals surface area contributed by atoms with E-state index in [2.05, 4.69) is 0 Å². The molecule has 0 saturated carbocycles. The topological polar surface area (TPSA) is 29.5 Å². The zero-order chi connectivity index (χ0) is 13.5. The molecule has 0 aliphatic rings. The summed E-state index contributed by atoms with van der Waals surface area (Å²) in [6.07, 6.45) is 3.23. The SMILES string of the molecule is CC(C)COC(=O)/C=C/c1ccc(N(C)C)cc1. The first kappa shape index (κ1) is 14.3. The van der Waals surface area contributed by atoms with E-state index < -0.39 is 0 Å². The van der Waals surface area contributed by atoms with Crippen LogP contribution in [0.4, 0.5) is 5.69 Å². The van der Waals surface area contributed by atoms with E-state index in [9.17, 15) is 4.79 Å². The largest absolute Gasteiger partial charge is 0.462 e. The predicted molar refractivity (Wildman–Crippen MR) is 75.6 cm³/mol. The molecule has 3 nitrogen and oxygen atoms in total. The Hall–Kier alpha value is -1.77. The van der Waals surface area contributed by atoms with Gasteiger partial charge in [0.25, 0.3) is 0 Å². The number of esters is 1. The van der Waals surface area contributed by atoms with Gasteiger partial charge in [0.1, 0.15) is 0 Å². The molecule has 0 aliphatic heterocycles. The highest BCUT2D eigenvalue weighted by molar-refractivity contribution is 5.87. The fourth-order valence-corrected chi connectivity index (χ4v) is 1.34. The molecule has 1 rings (SSSR count). The Labute approximate surface area is 109 Å². The Balaban J connectivity index is 2.53. The monoisotopic (exact) mass is 247 g/mol. The number of hydrogen-bond acceptors (Lipinski definition) is 3. The zero-order valence-corrected chi connectivity index (χ0v) is 11.5. The first-order valence-electron chi connectivity index (χ1n) is 6.11. The van der Waals surface area contributed by atoms with E-state index in [-0.39, 0.29) is 5.97 Å². The molecule has 18 heavy (non-hydrogen) atoms. The van der Waals surface area contributed by atoms with E-state index in [1.54, 1.807) is 6.08 Å². The van der Waals surface area contributed by atoms with E-state index in [1.807, 2.05) is 57.1 Å². The van der Waals surface area contributed by atoms with Crippen LogP contribution in [0.2, 0.25) is 0 Å². The Morgan fingerprint density at radius 3 is 2.39 bits per heavy atom. The summed E-state index contributed by atoms with van der Waals surface area (Å²) in [5.74, 6) is 0.0714. The number of carbonyl (C=O) groups is 1. The van der Waals surface area contributed by atoms with Gasteiger partial charge in [0, 0.05) is 25.9 Å². The smallest absolute Gasteiger partial charge is 0.330 e. The van der Waals surface area contributed by atoms with Gasteiger partial charge in [0.05, 0.1) is 6.61 Å². The lowest BCUT2D eigenvalue weighted by molar-refractivity contribution is -0.138. The summed E-state index contributed by atoms with van der Waals surface area (Å²) >= 11 is 0. The second-order valence-corrected chi connectivity index (χ2v) is 4.84. The lowest BCUT2D eigenvalue weighted by Crippen LogP contribution is -2.08. The average molecular weight is 247 g/mol. The van der Waals surface area contributed by atoms with Crippen molar-refractivity contribution in [2.45, 2.75) is 13.8 Å². The van der Waals surface area contributed by atoms with Crippen LogP contribution in [0, 0.1) is 5.92 Å². The fourth-order valence-electron chi connectivity index (χ4n) is 1.34. The Bertz CT molecular complexity index is 405. The Kier molecular flexibility index (Phi) is 5.43. The fraction of sp³-hybridized carbons (Fsp3) is 0.400. The summed E-state index contributed by atoms with van der Waals surface area (Å²) in [6, 6.07) is 7.97. The van der Waals surface area contributed by atoms with Crippen molar-refractivity contribution in [2.75, 3.05) is 25.6 Å². The number of ether oxygens (including phenoxy) is 1. The molecule has 1 aromatic rings. The van der Waals surface area contributed by atoms with Crippen LogP contribution in [0.5, 0.6) is 0 Å². The first-order chi connectivity index (χ1) is 8.49. The van der Waals surface area contributed by atoms with E-state index in [0.717, 1.165) is 11.3 Å². The molecular formula is C15H21NO2. The van der Waals surface area contributed by atoms with Crippen LogP contribution < -0.4 is 4.90 Å². The van der Waals surface area contributed by atoms with Crippen LogP contribution in [-0.4, -0.2) is 26.7 Å². The molecule has 0 atom stereocenters. The maximum atomic E-state index is 11.4. The molecule has 0 amide bonds. The van der Waals surface area contributed by atoms with Gasteiger partial charge < -0.3 is 9.64 Å². The van der Waals surface area contributed by atoms with Gasteiger partial charge in [-0.15, -0.1) is 0 Å². The highest BCUT2D eigenvalue weighted by Gasteiger charge is 1.99. The maximum absolute atomic E-state index is 11.4. The van der Waals surface area contributed by atoms with E-state index in [4.69, 9.17) is 4.74 Å². The quantitative estimate of drug-likeness (QED) is 0.592. The third-order valence-corrected chi connectivity index (χ3v) is 2.38. The van der Waals surface area contributed by atoms with Crippen LogP contribution in [0.3, 0.4) is 0 Å². The van der Waals surface area contributed by atoms with Crippen molar-refractivity contribution in [3.8, 4) is 0 Å². The summed E-state index contributed by atoms with van der Waals surface area (Å²) in [6.45, 7) is 4.48. The number of anilines is 1. The van der Waals surface area contributed by atoms with Gasteiger partial charge in [-0.05, 0) is 29.7 Å². The molecule has 1 aromatic carbocycles. The lowest BCUT2D eigenvalue weighted by atomic mass is 10.2. The summed E-state index contributed by atoms with van der Waals surface area (Å²) in [5, 5.41) is 0. The van der Waals surface area contributed by atoms with E-state index >= 15 is 0 Å². The van der Waals surface area contributed by atoms with Gasteiger partial charge in [-0.2, -0.15) is 0 Å². The average Bonchev–Trinajstić information content (AvgIpc) is 2.34. The molecule has 0 unspecified atom stereocenters. The van der Waals surface area contributed by atoms with Crippen LogP contribution in [-0.2, 0) is 9.53 Å². The molecule has 0 aliphatic carbocycles. The maximum Gasteiger partial charge on any atom is 0.330 e. The molecular weight excluding hydrogens is 226 g/mol.